The predicted octanol–water partition coefficient (Wildman–Crippen LogP) is 2.51. The van der Waals surface area contributed by atoms with Crippen LogP contribution in [0.5, 0.6) is 0 Å². The molecule has 0 spiro atoms. The monoisotopic (exact) mass is 221 g/mol. The summed E-state index contributed by atoms with van der Waals surface area (Å²) in [6.45, 7) is 7.14. The number of rotatable bonds is 3. The Kier molecular flexibility index (Phi) is 2.86. The maximum absolute atomic E-state index is 4.44. The van der Waals surface area contributed by atoms with Crippen LogP contribution in [0.25, 0.3) is 0 Å². The molecule has 3 nitrogen and oxygen atoms in total. The first-order valence-corrected chi connectivity index (χ1v) is 5.95. The lowest BCUT2D eigenvalue weighted by Crippen LogP contribution is -2.05. The van der Waals surface area contributed by atoms with Gasteiger partial charge in [-0.3, -0.25) is 4.68 Å². The Hall–Kier alpha value is -1.16. The number of aromatic nitrogens is 3. The van der Waals surface area contributed by atoms with Crippen molar-refractivity contribution in [3.8, 4) is 0 Å². The summed E-state index contributed by atoms with van der Waals surface area (Å²) < 4.78 is 2.06. The number of hydrogen-bond acceptors (Lipinski definition) is 3. The van der Waals surface area contributed by atoms with E-state index in [-0.39, 0.29) is 0 Å². The Bertz CT molecular complexity index is 456. The summed E-state index contributed by atoms with van der Waals surface area (Å²) in [7, 11) is 0. The topological polar surface area (TPSA) is 30.7 Å². The van der Waals surface area contributed by atoms with E-state index in [2.05, 4.69) is 34.7 Å². The molecule has 2 aromatic heterocycles. The highest BCUT2D eigenvalue weighted by Gasteiger charge is 2.04. The van der Waals surface area contributed by atoms with E-state index in [0.717, 1.165) is 24.4 Å². The van der Waals surface area contributed by atoms with E-state index in [0.29, 0.717) is 0 Å². The van der Waals surface area contributed by atoms with Crippen LogP contribution < -0.4 is 0 Å². The number of hydrogen-bond donors (Lipinski definition) is 0. The second-order valence-electron chi connectivity index (χ2n) is 3.76. The van der Waals surface area contributed by atoms with Crippen LogP contribution in [0.4, 0.5) is 0 Å². The lowest BCUT2D eigenvalue weighted by atomic mass is 10.3. The first kappa shape index (κ1) is 10.4. The maximum Gasteiger partial charge on any atom is 0.0797 e. The van der Waals surface area contributed by atoms with Gasteiger partial charge in [-0.25, -0.2) is 4.98 Å². The minimum Gasteiger partial charge on any atom is -0.269 e. The van der Waals surface area contributed by atoms with Crippen molar-refractivity contribution in [1.29, 1.82) is 0 Å². The maximum atomic E-state index is 4.44. The molecule has 0 aliphatic rings. The quantitative estimate of drug-likeness (QED) is 0.797. The SMILES string of the molecule is Cc1cc(C)n(CCc2scnc2C)n1. The smallest absolute Gasteiger partial charge is 0.0797 e. The first-order valence-electron chi connectivity index (χ1n) is 5.07. The van der Waals surface area contributed by atoms with Crippen LogP contribution in [0.3, 0.4) is 0 Å². The molecule has 0 atom stereocenters. The Labute approximate surface area is 93.8 Å². The van der Waals surface area contributed by atoms with Crippen LogP contribution in [0, 0.1) is 20.8 Å². The highest BCUT2D eigenvalue weighted by atomic mass is 32.1. The normalized spacial score (nSPS) is 10.9. The van der Waals surface area contributed by atoms with E-state index in [9.17, 15) is 0 Å². The zero-order valence-corrected chi connectivity index (χ0v) is 10.1. The number of nitrogens with zero attached hydrogens (tertiary/aromatic N) is 3. The molecule has 0 saturated heterocycles. The van der Waals surface area contributed by atoms with Crippen molar-refractivity contribution < 1.29 is 0 Å². The minimum absolute atomic E-state index is 0.947. The summed E-state index contributed by atoms with van der Waals surface area (Å²) >= 11 is 1.73. The van der Waals surface area contributed by atoms with Gasteiger partial charge in [0.2, 0.25) is 0 Å². The van der Waals surface area contributed by atoms with Crippen LogP contribution >= 0.6 is 11.3 Å². The third-order valence-electron chi connectivity index (χ3n) is 2.50. The van der Waals surface area contributed by atoms with E-state index in [1.54, 1.807) is 11.3 Å². The van der Waals surface area contributed by atoms with Crippen LogP contribution in [-0.4, -0.2) is 14.8 Å². The highest BCUT2D eigenvalue weighted by Crippen LogP contribution is 2.14. The van der Waals surface area contributed by atoms with E-state index >= 15 is 0 Å². The van der Waals surface area contributed by atoms with Gasteiger partial charge in [-0.1, -0.05) is 0 Å². The second kappa shape index (κ2) is 4.14. The zero-order chi connectivity index (χ0) is 10.8. The van der Waals surface area contributed by atoms with Crippen LogP contribution in [0.2, 0.25) is 0 Å². The number of aryl methyl sites for hydroxylation is 5. The second-order valence-corrected chi connectivity index (χ2v) is 4.70. The standard InChI is InChI=1S/C11H15N3S/c1-8-6-9(2)14(13-8)5-4-11-10(3)12-7-15-11/h6-7H,4-5H2,1-3H3. The Morgan fingerprint density at radius 1 is 1.33 bits per heavy atom. The van der Waals surface area contributed by atoms with Gasteiger partial charge < -0.3 is 0 Å². The van der Waals surface area contributed by atoms with Crippen molar-refractivity contribution in [3.05, 3.63) is 33.5 Å². The summed E-state index contributed by atoms with van der Waals surface area (Å²) in [6.07, 6.45) is 1.03. The Balaban J connectivity index is 2.05. The zero-order valence-electron chi connectivity index (χ0n) is 9.32. The lowest BCUT2D eigenvalue weighted by molar-refractivity contribution is 0.596. The van der Waals surface area contributed by atoms with Gasteiger partial charge in [-0.2, -0.15) is 5.10 Å². The van der Waals surface area contributed by atoms with Crippen molar-refractivity contribution in [2.75, 3.05) is 0 Å². The molecule has 0 unspecified atom stereocenters. The van der Waals surface area contributed by atoms with E-state index in [1.807, 2.05) is 12.4 Å². The fourth-order valence-corrected chi connectivity index (χ4v) is 2.45. The van der Waals surface area contributed by atoms with Gasteiger partial charge in [0.05, 0.1) is 16.9 Å². The third kappa shape index (κ3) is 2.26. The molecule has 0 bridgehead atoms. The molecule has 0 radical (unpaired) electrons. The van der Waals surface area contributed by atoms with Crippen LogP contribution in [0.1, 0.15) is 22.0 Å². The Morgan fingerprint density at radius 3 is 2.67 bits per heavy atom. The van der Waals surface area contributed by atoms with Crippen LogP contribution in [0.15, 0.2) is 11.6 Å². The molecule has 0 N–H and O–H groups in total. The first-order chi connectivity index (χ1) is 7.16. The van der Waals surface area contributed by atoms with Gasteiger partial charge in [-0.05, 0) is 26.8 Å². The van der Waals surface area contributed by atoms with Gasteiger partial charge in [0.1, 0.15) is 0 Å². The van der Waals surface area contributed by atoms with Crippen molar-refractivity contribution in [2.45, 2.75) is 33.7 Å². The van der Waals surface area contributed by atoms with Crippen molar-refractivity contribution >= 4 is 11.3 Å². The number of thiazole rings is 1. The van der Waals surface area contributed by atoms with E-state index in [1.165, 1.54) is 10.6 Å². The molecule has 15 heavy (non-hydrogen) atoms. The highest BCUT2D eigenvalue weighted by molar-refractivity contribution is 7.09. The molecule has 2 heterocycles. The largest absolute Gasteiger partial charge is 0.269 e. The van der Waals surface area contributed by atoms with Gasteiger partial charge in [0, 0.05) is 23.5 Å². The summed E-state index contributed by atoms with van der Waals surface area (Å²) in [5.74, 6) is 0. The third-order valence-corrected chi connectivity index (χ3v) is 3.49. The molecular weight excluding hydrogens is 206 g/mol. The average Bonchev–Trinajstić information content (AvgIpc) is 2.70. The van der Waals surface area contributed by atoms with Gasteiger partial charge in [0.25, 0.3) is 0 Å². The van der Waals surface area contributed by atoms with Gasteiger partial charge in [-0.15, -0.1) is 11.3 Å². The van der Waals surface area contributed by atoms with Gasteiger partial charge >= 0.3 is 0 Å². The summed E-state index contributed by atoms with van der Waals surface area (Å²) in [4.78, 5) is 5.61. The van der Waals surface area contributed by atoms with Crippen molar-refractivity contribution in [3.63, 3.8) is 0 Å². The van der Waals surface area contributed by atoms with E-state index in [4.69, 9.17) is 0 Å². The molecule has 2 aromatic rings. The molecular formula is C11H15N3S. The van der Waals surface area contributed by atoms with Crippen LogP contribution in [-0.2, 0) is 13.0 Å². The molecule has 0 fully saturated rings. The van der Waals surface area contributed by atoms with E-state index < -0.39 is 0 Å². The van der Waals surface area contributed by atoms with Crippen molar-refractivity contribution in [1.82, 2.24) is 14.8 Å². The lowest BCUT2D eigenvalue weighted by Gasteiger charge is -2.02. The van der Waals surface area contributed by atoms with Gasteiger partial charge in [0.15, 0.2) is 0 Å². The summed E-state index contributed by atoms with van der Waals surface area (Å²) in [5.41, 5.74) is 5.39. The molecule has 0 saturated carbocycles. The molecule has 0 aromatic carbocycles. The molecule has 0 aliphatic carbocycles. The molecule has 0 aliphatic heterocycles. The average molecular weight is 221 g/mol. The summed E-state index contributed by atoms with van der Waals surface area (Å²) in [6, 6.07) is 2.11. The molecule has 80 valence electrons. The molecule has 0 amide bonds. The Morgan fingerprint density at radius 2 is 2.13 bits per heavy atom. The van der Waals surface area contributed by atoms with Crippen molar-refractivity contribution in [2.24, 2.45) is 0 Å². The molecule has 2 rings (SSSR count). The molecule has 4 heteroatoms. The summed E-state index contributed by atoms with van der Waals surface area (Å²) in [5, 5.41) is 4.44. The minimum atomic E-state index is 0.947. The fourth-order valence-electron chi connectivity index (χ4n) is 1.67. The fraction of sp³-hybridized carbons (Fsp3) is 0.455. The predicted molar refractivity (Wildman–Crippen MR) is 62.3 cm³/mol.